The number of ether oxygens (including phenoxy) is 3. The zero-order valence-corrected chi connectivity index (χ0v) is 7.78. The van der Waals surface area contributed by atoms with Crippen molar-refractivity contribution in [2.45, 2.75) is 13.0 Å². The maximum Gasteiger partial charge on any atom is 0.104 e. The van der Waals surface area contributed by atoms with Crippen molar-refractivity contribution in [2.75, 3.05) is 40.1 Å². The van der Waals surface area contributed by atoms with Crippen LogP contribution in [0.3, 0.4) is 0 Å². The molecule has 0 saturated carbocycles. The number of aliphatic hydroxyl groups excluding tert-OH is 1. The van der Waals surface area contributed by atoms with Crippen LogP contribution in [0.1, 0.15) is 6.92 Å². The van der Waals surface area contributed by atoms with Crippen LogP contribution in [0, 0.1) is 0 Å². The normalized spacial score (nSPS) is 13.2. The number of methoxy groups -OCH3 is 1. The van der Waals surface area contributed by atoms with Gasteiger partial charge in [0.25, 0.3) is 0 Å². The molecule has 1 N–H and O–H groups in total. The van der Waals surface area contributed by atoms with Crippen LogP contribution in [0.5, 0.6) is 0 Å². The highest BCUT2D eigenvalue weighted by atomic mass is 16.6. The molecule has 0 aromatic heterocycles. The van der Waals surface area contributed by atoms with Crippen molar-refractivity contribution >= 4 is 0 Å². The first-order chi connectivity index (χ1) is 5.85. The van der Waals surface area contributed by atoms with Crippen molar-refractivity contribution in [1.29, 1.82) is 0 Å². The quantitative estimate of drug-likeness (QED) is 0.533. The fourth-order valence-corrected chi connectivity index (χ4v) is 0.713. The van der Waals surface area contributed by atoms with Crippen molar-refractivity contribution in [3.8, 4) is 0 Å². The molecule has 0 aliphatic rings. The third-order valence-electron chi connectivity index (χ3n) is 1.38. The molecule has 0 bridgehead atoms. The average Bonchev–Trinajstić information content (AvgIpc) is 2.11. The highest BCUT2D eigenvalue weighted by molar-refractivity contribution is 4.53. The van der Waals surface area contributed by atoms with Crippen molar-refractivity contribution < 1.29 is 19.3 Å². The first-order valence-electron chi connectivity index (χ1n) is 4.14. The van der Waals surface area contributed by atoms with E-state index in [1.807, 2.05) is 6.92 Å². The van der Waals surface area contributed by atoms with E-state index in [2.05, 4.69) is 0 Å². The van der Waals surface area contributed by atoms with E-state index in [1.165, 1.54) is 0 Å². The Hall–Kier alpha value is -0.160. The van der Waals surface area contributed by atoms with Gasteiger partial charge in [0.2, 0.25) is 0 Å². The van der Waals surface area contributed by atoms with Crippen LogP contribution in [-0.4, -0.2) is 51.4 Å². The highest BCUT2D eigenvalue weighted by Crippen LogP contribution is 1.92. The molecule has 0 radical (unpaired) electrons. The summed E-state index contributed by atoms with van der Waals surface area (Å²) in [5, 5.41) is 8.43. The van der Waals surface area contributed by atoms with E-state index in [-0.39, 0.29) is 12.7 Å². The van der Waals surface area contributed by atoms with Gasteiger partial charge in [0.1, 0.15) is 6.10 Å². The van der Waals surface area contributed by atoms with E-state index < -0.39 is 0 Å². The predicted molar refractivity (Wildman–Crippen MR) is 45.2 cm³/mol. The molecule has 0 aromatic rings. The Morgan fingerprint density at radius 1 is 1.25 bits per heavy atom. The summed E-state index contributed by atoms with van der Waals surface area (Å²) >= 11 is 0. The van der Waals surface area contributed by atoms with Crippen molar-refractivity contribution in [3.63, 3.8) is 0 Å². The molecule has 0 fully saturated rings. The summed E-state index contributed by atoms with van der Waals surface area (Å²) in [6.45, 7) is 4.02. The molecule has 0 aromatic carbocycles. The summed E-state index contributed by atoms with van der Waals surface area (Å²) in [4.78, 5) is 0. The van der Waals surface area contributed by atoms with Gasteiger partial charge in [-0.05, 0) is 6.92 Å². The minimum Gasteiger partial charge on any atom is -0.394 e. The van der Waals surface area contributed by atoms with Crippen LogP contribution >= 0.6 is 0 Å². The van der Waals surface area contributed by atoms with E-state index in [0.717, 1.165) is 0 Å². The van der Waals surface area contributed by atoms with E-state index >= 15 is 0 Å². The molecule has 1 atom stereocenters. The Labute approximate surface area is 73.4 Å². The molecule has 4 nitrogen and oxygen atoms in total. The zero-order valence-electron chi connectivity index (χ0n) is 7.78. The summed E-state index contributed by atoms with van der Waals surface area (Å²) in [5.41, 5.74) is 0. The molecular formula is C8H18O4. The maximum absolute atomic E-state index is 8.43. The topological polar surface area (TPSA) is 47.9 Å². The first kappa shape index (κ1) is 11.8. The van der Waals surface area contributed by atoms with Gasteiger partial charge < -0.3 is 19.3 Å². The molecule has 1 unspecified atom stereocenters. The van der Waals surface area contributed by atoms with Crippen LogP contribution in [-0.2, 0) is 14.2 Å². The molecule has 0 heterocycles. The summed E-state index contributed by atoms with van der Waals surface area (Å²) < 4.78 is 15.3. The van der Waals surface area contributed by atoms with Crippen molar-refractivity contribution in [1.82, 2.24) is 0 Å². The minimum absolute atomic E-state index is 0.0310. The van der Waals surface area contributed by atoms with Gasteiger partial charge in [-0.25, -0.2) is 0 Å². The minimum atomic E-state index is -0.0310. The molecule has 0 aliphatic heterocycles. The Bertz CT molecular complexity index is 87.1. The lowest BCUT2D eigenvalue weighted by Crippen LogP contribution is -2.25. The lowest BCUT2D eigenvalue weighted by atomic mass is 10.4. The van der Waals surface area contributed by atoms with E-state index in [0.29, 0.717) is 26.4 Å². The third-order valence-corrected chi connectivity index (χ3v) is 1.38. The standard InChI is InChI=1S/C8H18O4/c1-3-11-6-8(10-2)7-12-5-4-9/h8-9H,3-7H2,1-2H3. The van der Waals surface area contributed by atoms with Crippen LogP contribution in [0.25, 0.3) is 0 Å². The van der Waals surface area contributed by atoms with E-state index in [1.54, 1.807) is 7.11 Å². The number of aliphatic hydroxyl groups is 1. The van der Waals surface area contributed by atoms with Gasteiger partial charge in [-0.3, -0.25) is 0 Å². The molecule has 4 heteroatoms. The smallest absolute Gasteiger partial charge is 0.104 e. The molecule has 0 rings (SSSR count). The second kappa shape index (κ2) is 8.93. The van der Waals surface area contributed by atoms with Gasteiger partial charge in [-0.2, -0.15) is 0 Å². The molecule has 0 spiro atoms. The maximum atomic E-state index is 8.43. The summed E-state index contributed by atoms with van der Waals surface area (Å²) in [5.74, 6) is 0. The second-order valence-electron chi connectivity index (χ2n) is 2.32. The molecular weight excluding hydrogens is 160 g/mol. The SMILES string of the molecule is CCOCC(COCCO)OC. The number of hydrogen-bond donors (Lipinski definition) is 1. The van der Waals surface area contributed by atoms with Crippen LogP contribution in [0.4, 0.5) is 0 Å². The van der Waals surface area contributed by atoms with Gasteiger partial charge in [0.15, 0.2) is 0 Å². The molecule has 0 amide bonds. The Morgan fingerprint density at radius 2 is 1.92 bits per heavy atom. The lowest BCUT2D eigenvalue weighted by molar-refractivity contribution is -0.0435. The van der Waals surface area contributed by atoms with Gasteiger partial charge in [-0.15, -0.1) is 0 Å². The van der Waals surface area contributed by atoms with E-state index in [9.17, 15) is 0 Å². The van der Waals surface area contributed by atoms with Gasteiger partial charge in [0.05, 0.1) is 26.4 Å². The Kier molecular flexibility index (Phi) is 8.81. The average molecular weight is 178 g/mol. The largest absolute Gasteiger partial charge is 0.394 e. The summed E-state index contributed by atoms with van der Waals surface area (Å²) in [7, 11) is 1.62. The monoisotopic (exact) mass is 178 g/mol. The van der Waals surface area contributed by atoms with Gasteiger partial charge in [0, 0.05) is 13.7 Å². The van der Waals surface area contributed by atoms with Gasteiger partial charge in [-0.1, -0.05) is 0 Å². The predicted octanol–water partition coefficient (Wildman–Crippen LogP) is 0.0468. The van der Waals surface area contributed by atoms with Crippen LogP contribution in [0.2, 0.25) is 0 Å². The van der Waals surface area contributed by atoms with Crippen LogP contribution < -0.4 is 0 Å². The zero-order chi connectivity index (χ0) is 9.23. The van der Waals surface area contributed by atoms with Crippen molar-refractivity contribution in [3.05, 3.63) is 0 Å². The summed E-state index contributed by atoms with van der Waals surface area (Å²) in [6.07, 6.45) is -0.0310. The number of rotatable bonds is 8. The molecule has 0 saturated heterocycles. The second-order valence-corrected chi connectivity index (χ2v) is 2.32. The molecule has 12 heavy (non-hydrogen) atoms. The third kappa shape index (κ3) is 6.54. The lowest BCUT2D eigenvalue weighted by Gasteiger charge is -2.14. The van der Waals surface area contributed by atoms with Crippen molar-refractivity contribution in [2.24, 2.45) is 0 Å². The first-order valence-corrected chi connectivity index (χ1v) is 4.14. The van der Waals surface area contributed by atoms with Gasteiger partial charge >= 0.3 is 0 Å². The highest BCUT2D eigenvalue weighted by Gasteiger charge is 2.06. The number of hydrogen-bond acceptors (Lipinski definition) is 4. The van der Waals surface area contributed by atoms with E-state index in [4.69, 9.17) is 19.3 Å². The fourth-order valence-electron chi connectivity index (χ4n) is 0.713. The molecule has 74 valence electrons. The van der Waals surface area contributed by atoms with Crippen LogP contribution in [0.15, 0.2) is 0 Å². The fraction of sp³-hybridized carbons (Fsp3) is 1.00. The molecule has 0 aliphatic carbocycles. The summed E-state index contributed by atoms with van der Waals surface area (Å²) in [6, 6.07) is 0. The Morgan fingerprint density at radius 3 is 2.42 bits per heavy atom. The Balaban J connectivity index is 3.26.